The summed E-state index contributed by atoms with van der Waals surface area (Å²) in [6.07, 6.45) is -3.82. The molecule has 0 fully saturated rings. The molecule has 0 aliphatic carbocycles. The number of aliphatic carboxylic acids is 1. The minimum absolute atomic E-state index is 0.125. The van der Waals surface area contributed by atoms with Crippen LogP contribution in [-0.2, 0) is 29.2 Å². The third kappa shape index (κ3) is 7.85. The van der Waals surface area contributed by atoms with Crippen LogP contribution in [0.5, 0.6) is 5.75 Å². The van der Waals surface area contributed by atoms with Crippen molar-refractivity contribution in [1.82, 2.24) is 5.32 Å². The van der Waals surface area contributed by atoms with Crippen molar-refractivity contribution >= 4 is 29.2 Å². The fraction of sp³-hybridized carbons (Fsp3) is 0.242. The van der Waals surface area contributed by atoms with E-state index in [9.17, 15) is 18.0 Å². The number of carbonyl (C=O) groups is 1. The van der Waals surface area contributed by atoms with Gasteiger partial charge in [-0.15, -0.1) is 0 Å². The van der Waals surface area contributed by atoms with E-state index < -0.39 is 23.1 Å². The van der Waals surface area contributed by atoms with Crippen LogP contribution in [-0.4, -0.2) is 30.8 Å². The molecule has 4 nitrogen and oxygen atoms in total. The van der Waals surface area contributed by atoms with Gasteiger partial charge < -0.3 is 15.2 Å². The lowest BCUT2D eigenvalue weighted by atomic mass is 9.70. The van der Waals surface area contributed by atoms with E-state index in [0.717, 1.165) is 17.2 Å². The third-order valence-electron chi connectivity index (χ3n) is 7.06. The smallest absolute Gasteiger partial charge is 0.417 e. The highest BCUT2D eigenvalue weighted by molar-refractivity contribution is 6.32. The van der Waals surface area contributed by atoms with Crippen LogP contribution >= 0.6 is 23.2 Å². The monoisotopic (exact) mass is 615 g/mol. The molecule has 0 aliphatic rings. The Balaban J connectivity index is 1.53. The number of nitrogens with one attached hydrogen (secondary N) is 1. The van der Waals surface area contributed by atoms with Gasteiger partial charge in [-0.1, -0.05) is 102 Å². The van der Waals surface area contributed by atoms with Crippen molar-refractivity contribution in [2.45, 2.75) is 30.9 Å². The molecule has 0 bridgehead atoms. The summed E-state index contributed by atoms with van der Waals surface area (Å²) >= 11 is 12.6. The first-order valence-electron chi connectivity index (χ1n) is 13.4. The average Bonchev–Trinajstić information content (AvgIpc) is 2.96. The molecule has 2 N–H and O–H groups in total. The van der Waals surface area contributed by atoms with Crippen molar-refractivity contribution in [3.63, 3.8) is 0 Å². The zero-order valence-corrected chi connectivity index (χ0v) is 24.1. The highest BCUT2D eigenvalue weighted by Gasteiger charge is 2.38. The molecule has 4 aromatic rings. The lowest BCUT2D eigenvalue weighted by Crippen LogP contribution is -2.42. The molecular weight excluding hydrogens is 586 g/mol. The molecule has 0 unspecified atom stereocenters. The van der Waals surface area contributed by atoms with Crippen LogP contribution in [0.4, 0.5) is 13.2 Å². The van der Waals surface area contributed by atoms with Crippen molar-refractivity contribution < 1.29 is 27.8 Å². The average molecular weight is 617 g/mol. The molecule has 4 aromatic carbocycles. The molecular formula is C33H30Cl2F3NO3. The summed E-state index contributed by atoms with van der Waals surface area (Å²) in [6.45, 7) is 1.35. The predicted molar refractivity (Wildman–Crippen MR) is 160 cm³/mol. The molecule has 0 spiro atoms. The van der Waals surface area contributed by atoms with E-state index in [-0.39, 0.29) is 17.9 Å². The first kappa shape index (κ1) is 31.4. The van der Waals surface area contributed by atoms with Crippen LogP contribution in [0.2, 0.25) is 10.0 Å². The van der Waals surface area contributed by atoms with Gasteiger partial charge in [0, 0.05) is 12.0 Å². The van der Waals surface area contributed by atoms with Crippen molar-refractivity contribution in [3.8, 4) is 5.75 Å². The normalized spacial score (nSPS) is 11.8. The number of hydrogen-bond acceptors (Lipinski definition) is 3. The van der Waals surface area contributed by atoms with Gasteiger partial charge in [0.2, 0.25) is 0 Å². The van der Waals surface area contributed by atoms with Gasteiger partial charge in [0.05, 0.1) is 28.6 Å². The van der Waals surface area contributed by atoms with Gasteiger partial charge in [0.1, 0.15) is 5.75 Å². The molecule has 220 valence electrons. The first-order chi connectivity index (χ1) is 20.1. The summed E-state index contributed by atoms with van der Waals surface area (Å²) in [5.41, 5.74) is 1.31. The summed E-state index contributed by atoms with van der Waals surface area (Å²) in [6, 6.07) is 28.4. The Kier molecular flexibility index (Phi) is 10.5. The summed E-state index contributed by atoms with van der Waals surface area (Å²) < 4.78 is 46.9. The molecule has 0 aliphatic heterocycles. The maximum Gasteiger partial charge on any atom is 0.417 e. The molecule has 0 heterocycles. The van der Waals surface area contributed by atoms with E-state index in [2.05, 4.69) is 5.32 Å². The Morgan fingerprint density at radius 3 is 2.07 bits per heavy atom. The van der Waals surface area contributed by atoms with Crippen LogP contribution in [0.3, 0.4) is 0 Å². The van der Waals surface area contributed by atoms with Gasteiger partial charge in [0.15, 0.2) is 0 Å². The first-order valence-corrected chi connectivity index (χ1v) is 14.1. The summed E-state index contributed by atoms with van der Waals surface area (Å²) in [5, 5.41) is 12.5. The predicted octanol–water partition coefficient (Wildman–Crippen LogP) is 8.23. The highest BCUT2D eigenvalue weighted by atomic mass is 35.5. The van der Waals surface area contributed by atoms with E-state index in [1.54, 1.807) is 24.3 Å². The highest BCUT2D eigenvalue weighted by Crippen LogP contribution is 2.41. The van der Waals surface area contributed by atoms with E-state index in [4.69, 9.17) is 33.0 Å². The van der Waals surface area contributed by atoms with Gasteiger partial charge in [-0.3, -0.25) is 4.79 Å². The molecule has 0 saturated carbocycles. The largest absolute Gasteiger partial charge is 0.492 e. The maximum absolute atomic E-state index is 13.7. The topological polar surface area (TPSA) is 58.6 Å². The molecule has 9 heteroatoms. The minimum Gasteiger partial charge on any atom is -0.492 e. The Hall–Kier alpha value is -3.52. The van der Waals surface area contributed by atoms with Gasteiger partial charge in [-0.05, 0) is 59.8 Å². The van der Waals surface area contributed by atoms with Crippen molar-refractivity contribution in [2.75, 3.05) is 19.7 Å². The molecule has 4 rings (SSSR count). The van der Waals surface area contributed by atoms with Crippen LogP contribution in [0.15, 0.2) is 97.1 Å². The van der Waals surface area contributed by atoms with Gasteiger partial charge in [0.25, 0.3) is 0 Å². The maximum atomic E-state index is 13.7. The Labute approximate surface area is 253 Å². The molecule has 0 atom stereocenters. The Bertz CT molecular complexity index is 1440. The van der Waals surface area contributed by atoms with Crippen LogP contribution in [0, 0.1) is 0 Å². The Morgan fingerprint density at radius 1 is 0.857 bits per heavy atom. The van der Waals surface area contributed by atoms with Crippen molar-refractivity contribution in [2.24, 2.45) is 0 Å². The number of benzene rings is 4. The standard InChI is InChI=1S/C33H30Cl2F3NO3/c34-28-19-23(20-30(40)41)15-16-29(28)42-18-8-17-39-22-32(25-10-3-1-4-11-25,26-12-5-2-6-13-26)21-24-9-7-14-27(31(24)35)33(36,37)38/h1-7,9-16,19,39H,8,17-18,20-22H2,(H,40,41). The summed E-state index contributed by atoms with van der Waals surface area (Å²) in [4.78, 5) is 10.9. The number of ether oxygens (including phenoxy) is 1. The van der Waals surface area contributed by atoms with Gasteiger partial charge >= 0.3 is 12.1 Å². The minimum atomic E-state index is -4.56. The zero-order valence-electron chi connectivity index (χ0n) is 22.6. The number of halogens is 5. The van der Waals surface area contributed by atoms with Crippen molar-refractivity contribution in [3.05, 3.63) is 135 Å². The van der Waals surface area contributed by atoms with Crippen LogP contribution in [0.25, 0.3) is 0 Å². The lowest BCUT2D eigenvalue weighted by molar-refractivity contribution is -0.138. The molecule has 0 aromatic heterocycles. The van der Waals surface area contributed by atoms with E-state index >= 15 is 0 Å². The summed E-state index contributed by atoms with van der Waals surface area (Å²) in [5.74, 6) is -0.476. The van der Waals surface area contributed by atoms with Crippen molar-refractivity contribution in [1.29, 1.82) is 0 Å². The SMILES string of the molecule is O=C(O)Cc1ccc(OCCCNCC(Cc2cccc(C(F)(F)F)c2Cl)(c2ccccc2)c2ccccc2)c(Cl)c1. The van der Waals surface area contributed by atoms with Crippen LogP contribution in [0.1, 0.15) is 34.2 Å². The second kappa shape index (κ2) is 14.1. The van der Waals surface area contributed by atoms with Crippen LogP contribution < -0.4 is 10.1 Å². The van der Waals surface area contributed by atoms with E-state index in [1.165, 1.54) is 6.07 Å². The zero-order chi connectivity index (χ0) is 30.2. The number of rotatable bonds is 13. The number of hydrogen-bond donors (Lipinski definition) is 2. The molecule has 42 heavy (non-hydrogen) atoms. The molecule has 0 radical (unpaired) electrons. The number of alkyl halides is 3. The second-order valence-corrected chi connectivity index (χ2v) is 10.8. The lowest BCUT2D eigenvalue weighted by Gasteiger charge is -2.36. The quantitative estimate of drug-likeness (QED) is 0.149. The number of carboxylic acids is 1. The van der Waals surface area contributed by atoms with Gasteiger partial charge in [-0.25, -0.2) is 0 Å². The third-order valence-corrected chi connectivity index (χ3v) is 7.80. The van der Waals surface area contributed by atoms with E-state index in [1.807, 2.05) is 60.7 Å². The Morgan fingerprint density at radius 2 is 1.50 bits per heavy atom. The fourth-order valence-corrected chi connectivity index (χ4v) is 5.60. The fourth-order valence-electron chi connectivity index (χ4n) is 5.04. The van der Waals surface area contributed by atoms with Gasteiger partial charge in [-0.2, -0.15) is 13.2 Å². The molecule has 0 amide bonds. The van der Waals surface area contributed by atoms with E-state index in [0.29, 0.717) is 48.0 Å². The number of carboxylic acid groups (broad SMARTS) is 1. The molecule has 0 saturated heterocycles. The summed E-state index contributed by atoms with van der Waals surface area (Å²) in [7, 11) is 0. The second-order valence-electron chi connectivity index (χ2n) is 9.98.